The lowest BCUT2D eigenvalue weighted by molar-refractivity contribution is -0.385. The normalized spacial score (nSPS) is 12.1. The Morgan fingerprint density at radius 3 is 2.53 bits per heavy atom. The van der Waals surface area contributed by atoms with Gasteiger partial charge in [-0.3, -0.25) is 10.1 Å². The zero-order valence-corrected chi connectivity index (χ0v) is 10.1. The lowest BCUT2D eigenvalue weighted by Gasteiger charge is -2.12. The average Bonchev–Trinajstić information content (AvgIpc) is 2.39. The summed E-state index contributed by atoms with van der Waals surface area (Å²) in [4.78, 5) is 10.4. The van der Waals surface area contributed by atoms with E-state index in [2.05, 4.69) is 0 Å². The van der Waals surface area contributed by atoms with Gasteiger partial charge in [-0.1, -0.05) is 30.3 Å². The van der Waals surface area contributed by atoms with Crippen molar-refractivity contribution in [2.75, 3.05) is 0 Å². The number of nitrogens with zero attached hydrogens (tertiary/aromatic N) is 1. The van der Waals surface area contributed by atoms with Gasteiger partial charge in [0.1, 0.15) is 5.82 Å². The van der Waals surface area contributed by atoms with Crippen LogP contribution < -0.4 is 5.73 Å². The summed E-state index contributed by atoms with van der Waals surface area (Å²) in [5.41, 5.74) is 6.98. The highest BCUT2D eigenvalue weighted by molar-refractivity contribution is 5.43. The lowest BCUT2D eigenvalue weighted by atomic mass is 9.98. The van der Waals surface area contributed by atoms with Gasteiger partial charge in [0, 0.05) is 17.7 Å². The molecule has 2 rings (SSSR count). The maximum Gasteiger partial charge on any atom is 0.274 e. The summed E-state index contributed by atoms with van der Waals surface area (Å²) in [5, 5.41) is 10.9. The largest absolute Gasteiger partial charge is 0.323 e. The predicted molar refractivity (Wildman–Crippen MR) is 70.1 cm³/mol. The molecule has 0 heterocycles. The van der Waals surface area contributed by atoms with E-state index < -0.39 is 16.8 Å². The second-order valence-electron chi connectivity index (χ2n) is 4.26. The topological polar surface area (TPSA) is 69.2 Å². The van der Waals surface area contributed by atoms with Crippen LogP contribution in [0.25, 0.3) is 0 Å². The maximum absolute atomic E-state index is 13.2. The molecule has 19 heavy (non-hydrogen) atoms. The SMILES string of the molecule is NC(Cc1ccccc1)c1cc(F)ccc1[N+](=O)[O-]. The van der Waals surface area contributed by atoms with Gasteiger partial charge in [0.25, 0.3) is 5.69 Å². The first-order valence-electron chi connectivity index (χ1n) is 5.81. The van der Waals surface area contributed by atoms with Crippen molar-refractivity contribution >= 4 is 5.69 Å². The third kappa shape index (κ3) is 3.14. The molecule has 0 amide bonds. The summed E-state index contributed by atoms with van der Waals surface area (Å²) in [5.74, 6) is -0.524. The summed E-state index contributed by atoms with van der Waals surface area (Å²) in [6, 6.07) is 12.1. The summed E-state index contributed by atoms with van der Waals surface area (Å²) < 4.78 is 13.2. The minimum absolute atomic E-state index is 0.148. The molecule has 0 saturated heterocycles. The van der Waals surface area contributed by atoms with E-state index in [4.69, 9.17) is 5.73 Å². The molecule has 0 aliphatic rings. The Morgan fingerprint density at radius 1 is 1.21 bits per heavy atom. The second-order valence-corrected chi connectivity index (χ2v) is 4.26. The molecule has 0 aliphatic heterocycles. The number of hydrogen-bond donors (Lipinski definition) is 1. The average molecular weight is 260 g/mol. The molecule has 0 fully saturated rings. The number of nitro groups is 1. The maximum atomic E-state index is 13.2. The van der Waals surface area contributed by atoms with E-state index in [1.165, 1.54) is 0 Å². The van der Waals surface area contributed by atoms with Gasteiger partial charge in [-0.2, -0.15) is 0 Å². The van der Waals surface area contributed by atoms with Crippen molar-refractivity contribution in [2.45, 2.75) is 12.5 Å². The summed E-state index contributed by atoms with van der Waals surface area (Å²) in [7, 11) is 0. The van der Waals surface area contributed by atoms with Crippen LogP contribution in [0.5, 0.6) is 0 Å². The molecule has 2 aromatic rings. The molecule has 2 N–H and O–H groups in total. The molecule has 98 valence electrons. The molecule has 0 spiro atoms. The minimum Gasteiger partial charge on any atom is -0.323 e. The molecule has 0 aromatic heterocycles. The van der Waals surface area contributed by atoms with Crippen molar-refractivity contribution in [1.29, 1.82) is 0 Å². The van der Waals surface area contributed by atoms with Gasteiger partial charge < -0.3 is 5.73 Å². The second kappa shape index (κ2) is 5.58. The quantitative estimate of drug-likeness (QED) is 0.678. The molecule has 0 aliphatic carbocycles. The molecule has 0 bridgehead atoms. The number of nitro benzene ring substituents is 1. The summed E-state index contributed by atoms with van der Waals surface area (Å²) in [6.45, 7) is 0. The Balaban J connectivity index is 2.30. The van der Waals surface area contributed by atoms with Crippen molar-refractivity contribution in [1.82, 2.24) is 0 Å². The zero-order chi connectivity index (χ0) is 13.8. The van der Waals surface area contributed by atoms with Crippen LogP contribution in [-0.2, 0) is 6.42 Å². The molecule has 0 saturated carbocycles. The lowest BCUT2D eigenvalue weighted by Crippen LogP contribution is -2.15. The number of hydrogen-bond acceptors (Lipinski definition) is 3. The van der Waals surface area contributed by atoms with E-state index in [1.54, 1.807) is 0 Å². The third-order valence-electron chi connectivity index (χ3n) is 2.88. The van der Waals surface area contributed by atoms with Gasteiger partial charge in [0.15, 0.2) is 0 Å². The van der Waals surface area contributed by atoms with Gasteiger partial charge in [0.2, 0.25) is 0 Å². The van der Waals surface area contributed by atoms with Crippen molar-refractivity contribution in [3.05, 3.63) is 75.6 Å². The fourth-order valence-corrected chi connectivity index (χ4v) is 1.97. The summed E-state index contributed by atoms with van der Waals surface area (Å²) in [6.07, 6.45) is 0.422. The van der Waals surface area contributed by atoms with Crippen LogP contribution in [0, 0.1) is 15.9 Å². The van der Waals surface area contributed by atoms with Gasteiger partial charge in [-0.15, -0.1) is 0 Å². The molecular formula is C14H13FN2O2. The van der Waals surface area contributed by atoms with E-state index in [0.29, 0.717) is 6.42 Å². The molecule has 1 unspecified atom stereocenters. The van der Waals surface area contributed by atoms with E-state index in [-0.39, 0.29) is 11.3 Å². The van der Waals surface area contributed by atoms with E-state index >= 15 is 0 Å². The Labute approximate surface area is 109 Å². The summed E-state index contributed by atoms with van der Waals surface area (Å²) >= 11 is 0. The van der Waals surface area contributed by atoms with Gasteiger partial charge in [0.05, 0.1) is 4.92 Å². The van der Waals surface area contributed by atoms with E-state index in [1.807, 2.05) is 30.3 Å². The standard InChI is InChI=1S/C14H13FN2O2/c15-11-6-7-14(17(18)19)12(9-11)13(16)8-10-4-2-1-3-5-10/h1-7,9,13H,8,16H2. The molecule has 1 atom stereocenters. The van der Waals surface area contributed by atoms with Crippen molar-refractivity contribution in [3.8, 4) is 0 Å². The first kappa shape index (κ1) is 13.2. The van der Waals surface area contributed by atoms with Gasteiger partial charge in [-0.05, 0) is 24.1 Å². The minimum atomic E-state index is -0.612. The predicted octanol–water partition coefficient (Wildman–Crippen LogP) is 2.98. The van der Waals surface area contributed by atoms with Crippen LogP contribution in [0.4, 0.5) is 10.1 Å². The number of halogens is 1. The smallest absolute Gasteiger partial charge is 0.274 e. The monoisotopic (exact) mass is 260 g/mol. The van der Waals surface area contributed by atoms with Crippen LogP contribution in [0.3, 0.4) is 0 Å². The van der Waals surface area contributed by atoms with Crippen LogP contribution in [0.1, 0.15) is 17.2 Å². The fourth-order valence-electron chi connectivity index (χ4n) is 1.97. The van der Waals surface area contributed by atoms with Crippen LogP contribution in [0.2, 0.25) is 0 Å². The third-order valence-corrected chi connectivity index (χ3v) is 2.88. The van der Waals surface area contributed by atoms with Crippen molar-refractivity contribution in [2.24, 2.45) is 5.73 Å². The van der Waals surface area contributed by atoms with Crippen molar-refractivity contribution < 1.29 is 9.31 Å². The molecule has 0 radical (unpaired) electrons. The fraction of sp³-hybridized carbons (Fsp3) is 0.143. The molecule has 4 nitrogen and oxygen atoms in total. The van der Waals surface area contributed by atoms with Gasteiger partial charge >= 0.3 is 0 Å². The van der Waals surface area contributed by atoms with Crippen LogP contribution >= 0.6 is 0 Å². The highest BCUT2D eigenvalue weighted by Gasteiger charge is 2.20. The Morgan fingerprint density at radius 2 is 1.89 bits per heavy atom. The van der Waals surface area contributed by atoms with Crippen LogP contribution in [-0.4, -0.2) is 4.92 Å². The van der Waals surface area contributed by atoms with Gasteiger partial charge in [-0.25, -0.2) is 4.39 Å². The zero-order valence-electron chi connectivity index (χ0n) is 10.1. The van der Waals surface area contributed by atoms with E-state index in [9.17, 15) is 14.5 Å². The highest BCUT2D eigenvalue weighted by atomic mass is 19.1. The van der Waals surface area contributed by atoms with Crippen LogP contribution in [0.15, 0.2) is 48.5 Å². The number of rotatable bonds is 4. The van der Waals surface area contributed by atoms with Crippen molar-refractivity contribution in [3.63, 3.8) is 0 Å². The number of nitrogens with two attached hydrogens (primary N) is 1. The highest BCUT2D eigenvalue weighted by Crippen LogP contribution is 2.26. The Kier molecular flexibility index (Phi) is 3.87. The molecular weight excluding hydrogens is 247 g/mol. The first-order valence-corrected chi connectivity index (χ1v) is 5.81. The first-order chi connectivity index (χ1) is 9.08. The molecule has 5 heteroatoms. The Bertz CT molecular complexity index is 587. The molecule has 2 aromatic carbocycles. The Hall–Kier alpha value is -2.27. The number of benzene rings is 2. The van der Waals surface area contributed by atoms with E-state index in [0.717, 1.165) is 23.8 Å².